The SMILES string of the molecule is CNCCN(C)C(=O)c1c(C)cccc1[N+](=O)[O-].Cl. The summed E-state index contributed by atoms with van der Waals surface area (Å²) in [4.78, 5) is 24.1. The second-order valence-corrected chi connectivity index (χ2v) is 4.06. The largest absolute Gasteiger partial charge is 0.340 e. The Bertz CT molecular complexity index is 466. The van der Waals surface area contributed by atoms with Crippen LogP contribution < -0.4 is 5.32 Å². The molecule has 0 unspecified atom stereocenters. The van der Waals surface area contributed by atoms with Gasteiger partial charge in [-0.25, -0.2) is 0 Å². The van der Waals surface area contributed by atoms with Crippen LogP contribution in [-0.4, -0.2) is 42.9 Å². The van der Waals surface area contributed by atoms with Crippen molar-refractivity contribution in [2.75, 3.05) is 27.2 Å². The highest BCUT2D eigenvalue weighted by atomic mass is 35.5. The molecule has 0 bridgehead atoms. The molecule has 1 rings (SSSR count). The standard InChI is InChI=1S/C12H17N3O3.ClH/c1-9-5-4-6-10(15(17)18)11(9)12(16)14(3)8-7-13-2;/h4-6,13H,7-8H2,1-3H3;1H. The predicted molar refractivity (Wildman–Crippen MR) is 76.0 cm³/mol. The van der Waals surface area contributed by atoms with E-state index >= 15 is 0 Å². The lowest BCUT2D eigenvalue weighted by atomic mass is 10.1. The van der Waals surface area contributed by atoms with Crippen LogP contribution in [0.3, 0.4) is 0 Å². The van der Waals surface area contributed by atoms with Gasteiger partial charge >= 0.3 is 0 Å². The molecule has 1 aromatic rings. The smallest absolute Gasteiger partial charge is 0.282 e. The molecule has 0 fully saturated rings. The average Bonchev–Trinajstić information content (AvgIpc) is 2.34. The van der Waals surface area contributed by atoms with Crippen molar-refractivity contribution in [3.8, 4) is 0 Å². The third-order valence-electron chi connectivity index (χ3n) is 2.71. The fourth-order valence-corrected chi connectivity index (χ4v) is 1.65. The van der Waals surface area contributed by atoms with Gasteiger partial charge in [0.2, 0.25) is 0 Å². The highest BCUT2D eigenvalue weighted by molar-refractivity contribution is 5.99. The van der Waals surface area contributed by atoms with Gasteiger partial charge in [0.1, 0.15) is 5.56 Å². The van der Waals surface area contributed by atoms with Crippen molar-refractivity contribution in [3.05, 3.63) is 39.4 Å². The topological polar surface area (TPSA) is 75.5 Å². The summed E-state index contributed by atoms with van der Waals surface area (Å²) in [5.74, 6) is -0.324. The van der Waals surface area contributed by atoms with Crippen molar-refractivity contribution >= 4 is 24.0 Å². The van der Waals surface area contributed by atoms with E-state index in [1.54, 1.807) is 33.2 Å². The van der Waals surface area contributed by atoms with E-state index in [0.717, 1.165) is 0 Å². The van der Waals surface area contributed by atoms with Gasteiger partial charge in [0.05, 0.1) is 4.92 Å². The summed E-state index contributed by atoms with van der Waals surface area (Å²) in [5, 5.41) is 13.9. The number of nitrogens with one attached hydrogen (secondary N) is 1. The molecule has 106 valence electrons. The summed E-state index contributed by atoms with van der Waals surface area (Å²) >= 11 is 0. The number of hydrogen-bond acceptors (Lipinski definition) is 4. The summed E-state index contributed by atoms with van der Waals surface area (Å²) in [6.07, 6.45) is 0. The van der Waals surface area contributed by atoms with Gasteiger partial charge < -0.3 is 10.2 Å². The van der Waals surface area contributed by atoms with E-state index in [4.69, 9.17) is 0 Å². The predicted octanol–water partition coefficient (Wildman–Crippen LogP) is 1.62. The van der Waals surface area contributed by atoms with Gasteiger partial charge in [-0.15, -0.1) is 12.4 Å². The van der Waals surface area contributed by atoms with Crippen LogP contribution in [0.1, 0.15) is 15.9 Å². The fraction of sp³-hybridized carbons (Fsp3) is 0.417. The lowest BCUT2D eigenvalue weighted by Crippen LogP contribution is -2.33. The maximum atomic E-state index is 12.2. The third-order valence-corrected chi connectivity index (χ3v) is 2.71. The Morgan fingerprint density at radius 3 is 2.63 bits per heavy atom. The summed E-state index contributed by atoms with van der Waals surface area (Å²) in [6.45, 7) is 2.84. The van der Waals surface area contributed by atoms with Crippen molar-refractivity contribution in [3.63, 3.8) is 0 Å². The minimum atomic E-state index is -0.522. The molecule has 0 aromatic heterocycles. The highest BCUT2D eigenvalue weighted by Crippen LogP contribution is 2.23. The van der Waals surface area contributed by atoms with Gasteiger partial charge in [-0.2, -0.15) is 0 Å². The number of amides is 1. The van der Waals surface area contributed by atoms with Crippen LogP contribution in [0.2, 0.25) is 0 Å². The quantitative estimate of drug-likeness (QED) is 0.659. The Balaban J connectivity index is 0.00000324. The fourth-order valence-electron chi connectivity index (χ4n) is 1.65. The molecule has 0 spiro atoms. The molecule has 0 heterocycles. The molecule has 19 heavy (non-hydrogen) atoms. The van der Waals surface area contributed by atoms with Crippen LogP contribution in [-0.2, 0) is 0 Å². The van der Waals surface area contributed by atoms with Gasteiger partial charge in [0, 0.05) is 26.2 Å². The first-order valence-electron chi connectivity index (χ1n) is 5.63. The molecule has 7 heteroatoms. The minimum absolute atomic E-state index is 0. The molecule has 1 N–H and O–H groups in total. The molecule has 1 aromatic carbocycles. The van der Waals surface area contributed by atoms with Gasteiger partial charge in [-0.05, 0) is 19.5 Å². The Kier molecular flexibility index (Phi) is 7.03. The number of aryl methyl sites for hydroxylation is 1. The lowest BCUT2D eigenvalue weighted by Gasteiger charge is -2.17. The summed E-state index contributed by atoms with van der Waals surface area (Å²) in [7, 11) is 3.42. The maximum Gasteiger partial charge on any atom is 0.282 e. The van der Waals surface area contributed by atoms with Gasteiger partial charge in [-0.1, -0.05) is 12.1 Å². The molecule has 0 aliphatic carbocycles. The van der Waals surface area contributed by atoms with E-state index < -0.39 is 4.92 Å². The van der Waals surface area contributed by atoms with Crippen LogP contribution >= 0.6 is 12.4 Å². The Labute approximate surface area is 118 Å². The van der Waals surface area contributed by atoms with E-state index in [0.29, 0.717) is 18.7 Å². The number of benzene rings is 1. The zero-order valence-corrected chi connectivity index (χ0v) is 12.0. The number of nitrogens with zero attached hydrogens (tertiary/aromatic N) is 2. The van der Waals surface area contributed by atoms with E-state index in [1.165, 1.54) is 11.0 Å². The van der Waals surface area contributed by atoms with Crippen molar-refractivity contribution in [2.24, 2.45) is 0 Å². The highest BCUT2D eigenvalue weighted by Gasteiger charge is 2.24. The number of carbonyl (C=O) groups is 1. The van der Waals surface area contributed by atoms with Crippen molar-refractivity contribution in [1.29, 1.82) is 0 Å². The summed E-state index contributed by atoms with van der Waals surface area (Å²) < 4.78 is 0. The Hall–Kier alpha value is -1.66. The lowest BCUT2D eigenvalue weighted by molar-refractivity contribution is -0.385. The number of carbonyl (C=O) groups excluding carboxylic acids is 1. The first kappa shape index (κ1) is 17.3. The van der Waals surface area contributed by atoms with E-state index in [9.17, 15) is 14.9 Å². The molecule has 0 radical (unpaired) electrons. The van der Waals surface area contributed by atoms with Crippen molar-refractivity contribution in [1.82, 2.24) is 10.2 Å². The number of halogens is 1. The average molecular weight is 288 g/mol. The van der Waals surface area contributed by atoms with E-state index in [2.05, 4.69) is 5.32 Å². The third kappa shape index (κ3) is 4.18. The monoisotopic (exact) mass is 287 g/mol. The van der Waals surface area contributed by atoms with Crippen LogP contribution in [0, 0.1) is 17.0 Å². The summed E-state index contributed by atoms with van der Waals surface area (Å²) in [5.41, 5.74) is 0.642. The molecule has 0 aliphatic rings. The number of rotatable bonds is 5. The first-order valence-corrected chi connectivity index (χ1v) is 5.63. The van der Waals surface area contributed by atoms with Gasteiger partial charge in [0.15, 0.2) is 0 Å². The molecule has 0 saturated heterocycles. The number of likely N-dealkylation sites (N-methyl/N-ethyl adjacent to an activating group) is 2. The first-order chi connectivity index (χ1) is 8.49. The van der Waals surface area contributed by atoms with Crippen molar-refractivity contribution in [2.45, 2.75) is 6.92 Å². The molecule has 0 aliphatic heterocycles. The zero-order chi connectivity index (χ0) is 13.7. The Morgan fingerprint density at radius 1 is 1.47 bits per heavy atom. The van der Waals surface area contributed by atoms with E-state index in [1.807, 2.05) is 0 Å². The molecule has 1 amide bonds. The molecule has 0 atom stereocenters. The number of nitro groups is 1. The van der Waals surface area contributed by atoms with Crippen molar-refractivity contribution < 1.29 is 9.72 Å². The van der Waals surface area contributed by atoms with Crippen LogP contribution in [0.5, 0.6) is 0 Å². The van der Waals surface area contributed by atoms with E-state index in [-0.39, 0.29) is 29.6 Å². The Morgan fingerprint density at radius 2 is 2.11 bits per heavy atom. The number of nitro benzene ring substituents is 1. The molecule has 6 nitrogen and oxygen atoms in total. The van der Waals surface area contributed by atoms with Crippen LogP contribution in [0.15, 0.2) is 18.2 Å². The normalized spacial score (nSPS) is 9.63. The second kappa shape index (κ2) is 7.70. The second-order valence-electron chi connectivity index (χ2n) is 4.06. The molecular weight excluding hydrogens is 270 g/mol. The van der Waals surface area contributed by atoms with Gasteiger partial charge in [-0.3, -0.25) is 14.9 Å². The molecule has 0 saturated carbocycles. The summed E-state index contributed by atoms with van der Waals surface area (Å²) in [6, 6.07) is 4.64. The van der Waals surface area contributed by atoms with Crippen LogP contribution in [0.4, 0.5) is 5.69 Å². The van der Waals surface area contributed by atoms with Gasteiger partial charge in [0.25, 0.3) is 11.6 Å². The number of hydrogen-bond donors (Lipinski definition) is 1. The minimum Gasteiger partial charge on any atom is -0.340 e. The molecular formula is C12H18ClN3O3. The zero-order valence-electron chi connectivity index (χ0n) is 11.2. The van der Waals surface area contributed by atoms with Crippen LogP contribution in [0.25, 0.3) is 0 Å². The maximum absolute atomic E-state index is 12.2.